The molecule has 0 amide bonds. The van der Waals surface area contributed by atoms with Crippen LogP contribution in [0.4, 0.5) is 10.2 Å². The highest BCUT2D eigenvalue weighted by molar-refractivity contribution is 6.07. The molecule has 3 heterocycles. The van der Waals surface area contributed by atoms with Crippen LogP contribution in [-0.4, -0.2) is 40.3 Å². The van der Waals surface area contributed by atoms with E-state index < -0.39 is 0 Å². The summed E-state index contributed by atoms with van der Waals surface area (Å²) in [6, 6.07) is 7.01. The maximum Gasteiger partial charge on any atom is 0.156 e. The van der Waals surface area contributed by atoms with E-state index in [2.05, 4.69) is 32.2 Å². The lowest BCUT2D eigenvalue weighted by Gasteiger charge is -2.10. The second kappa shape index (κ2) is 8.16. The van der Waals surface area contributed by atoms with E-state index in [1.165, 1.54) is 12.1 Å². The van der Waals surface area contributed by atoms with Gasteiger partial charge in [-0.1, -0.05) is 6.58 Å². The van der Waals surface area contributed by atoms with Gasteiger partial charge in [-0.15, -0.1) is 0 Å². The number of imidazole rings is 1. The summed E-state index contributed by atoms with van der Waals surface area (Å²) in [6.07, 6.45) is 2.47. The van der Waals surface area contributed by atoms with Crippen LogP contribution in [0.1, 0.15) is 12.0 Å². The fourth-order valence-corrected chi connectivity index (χ4v) is 3.58. The number of aryl methyl sites for hydroxylation is 1. The van der Waals surface area contributed by atoms with Crippen molar-refractivity contribution >= 4 is 27.9 Å². The lowest BCUT2D eigenvalue weighted by atomic mass is 10.1. The third kappa shape index (κ3) is 3.73. The Hall–Kier alpha value is -3.39. The van der Waals surface area contributed by atoms with E-state index in [0.29, 0.717) is 25.4 Å². The minimum Gasteiger partial charge on any atom is -0.385 e. The Labute approximate surface area is 174 Å². The van der Waals surface area contributed by atoms with Gasteiger partial charge in [-0.05, 0) is 29.8 Å². The number of methoxy groups -OCH3 is 1. The molecule has 0 atom stereocenters. The van der Waals surface area contributed by atoms with E-state index in [-0.39, 0.29) is 5.82 Å². The van der Waals surface area contributed by atoms with Crippen LogP contribution in [0.5, 0.6) is 0 Å². The predicted molar refractivity (Wildman–Crippen MR) is 118 cm³/mol. The number of H-pyrrole nitrogens is 1. The summed E-state index contributed by atoms with van der Waals surface area (Å²) in [7, 11) is 5.42. The van der Waals surface area contributed by atoms with Crippen molar-refractivity contribution in [3.8, 4) is 11.3 Å². The van der Waals surface area contributed by atoms with Crippen molar-refractivity contribution in [2.24, 2.45) is 7.05 Å². The summed E-state index contributed by atoms with van der Waals surface area (Å²) in [5.74, 6) is 0.408. The molecule has 0 saturated carbocycles. The number of pyridine rings is 1. The van der Waals surface area contributed by atoms with Crippen molar-refractivity contribution in [3.63, 3.8) is 0 Å². The van der Waals surface area contributed by atoms with Gasteiger partial charge in [0.2, 0.25) is 0 Å². The molecule has 0 aliphatic rings. The number of aromatic nitrogens is 4. The number of aromatic amines is 1. The number of nitrogens with zero attached hydrogens (tertiary/aromatic N) is 3. The SMILES string of the molecule is C=C(CCOC)NCc1cc(F)cc(-c2cc3c(nc(NC)c4ncn(C)c43)[nH]2)c1. The van der Waals surface area contributed by atoms with Gasteiger partial charge in [0.15, 0.2) is 5.82 Å². The third-order valence-corrected chi connectivity index (χ3v) is 5.09. The van der Waals surface area contributed by atoms with E-state index >= 15 is 0 Å². The molecule has 0 aliphatic heterocycles. The number of hydrogen-bond acceptors (Lipinski definition) is 5. The Morgan fingerprint density at radius 3 is 2.90 bits per heavy atom. The van der Waals surface area contributed by atoms with Crippen LogP contribution < -0.4 is 10.6 Å². The molecule has 3 aromatic heterocycles. The van der Waals surface area contributed by atoms with Gasteiger partial charge in [0.25, 0.3) is 0 Å². The highest BCUT2D eigenvalue weighted by Gasteiger charge is 2.15. The Morgan fingerprint density at radius 1 is 1.30 bits per heavy atom. The molecule has 1 aromatic carbocycles. The van der Waals surface area contributed by atoms with E-state index in [1.54, 1.807) is 13.4 Å². The summed E-state index contributed by atoms with van der Waals surface area (Å²) in [6.45, 7) is 5.06. The Morgan fingerprint density at radius 2 is 2.13 bits per heavy atom. The highest BCUT2D eigenvalue weighted by atomic mass is 19.1. The molecule has 4 aromatic rings. The molecule has 30 heavy (non-hydrogen) atoms. The molecule has 156 valence electrons. The molecule has 8 heteroatoms. The van der Waals surface area contributed by atoms with Crippen LogP contribution in [0.25, 0.3) is 33.3 Å². The van der Waals surface area contributed by atoms with Gasteiger partial charge >= 0.3 is 0 Å². The first-order chi connectivity index (χ1) is 14.5. The highest BCUT2D eigenvalue weighted by Crippen LogP contribution is 2.32. The van der Waals surface area contributed by atoms with Crippen molar-refractivity contribution < 1.29 is 9.13 Å². The number of fused-ring (bicyclic) bond motifs is 3. The van der Waals surface area contributed by atoms with Crippen LogP contribution in [0.2, 0.25) is 0 Å². The van der Waals surface area contributed by atoms with Gasteiger partial charge in [0.1, 0.15) is 17.0 Å². The maximum absolute atomic E-state index is 14.4. The molecule has 0 aliphatic carbocycles. The zero-order valence-corrected chi connectivity index (χ0v) is 17.3. The molecule has 7 nitrogen and oxygen atoms in total. The quantitative estimate of drug-likeness (QED) is 0.412. The van der Waals surface area contributed by atoms with E-state index in [4.69, 9.17) is 4.74 Å². The van der Waals surface area contributed by atoms with Crippen molar-refractivity contribution in [3.05, 3.63) is 54.2 Å². The molecule has 0 spiro atoms. The van der Waals surface area contributed by atoms with Crippen molar-refractivity contribution in [1.82, 2.24) is 24.8 Å². The molecular formula is C22H25FN6O. The minimum atomic E-state index is -0.292. The monoisotopic (exact) mass is 408 g/mol. The molecule has 0 fully saturated rings. The van der Waals surface area contributed by atoms with Gasteiger partial charge in [-0.2, -0.15) is 0 Å². The topological polar surface area (TPSA) is 79.8 Å². The van der Waals surface area contributed by atoms with Gasteiger partial charge in [0, 0.05) is 56.5 Å². The van der Waals surface area contributed by atoms with Gasteiger partial charge in [-0.3, -0.25) is 0 Å². The molecule has 0 unspecified atom stereocenters. The zero-order valence-electron chi connectivity index (χ0n) is 17.3. The third-order valence-electron chi connectivity index (χ3n) is 5.09. The largest absolute Gasteiger partial charge is 0.385 e. The average molecular weight is 408 g/mol. The first-order valence-electron chi connectivity index (χ1n) is 9.72. The molecule has 0 radical (unpaired) electrons. The second-order valence-corrected chi connectivity index (χ2v) is 7.26. The fourth-order valence-electron chi connectivity index (χ4n) is 3.58. The number of anilines is 1. The number of rotatable bonds is 8. The van der Waals surface area contributed by atoms with Crippen LogP contribution in [0, 0.1) is 5.82 Å². The normalized spacial score (nSPS) is 11.3. The van der Waals surface area contributed by atoms with E-state index in [0.717, 1.165) is 44.6 Å². The minimum absolute atomic E-state index is 0.292. The molecule has 0 saturated heterocycles. The summed E-state index contributed by atoms with van der Waals surface area (Å²) >= 11 is 0. The average Bonchev–Trinajstić information content (AvgIpc) is 3.33. The summed E-state index contributed by atoms with van der Waals surface area (Å²) in [5.41, 5.74) is 5.74. The Balaban J connectivity index is 1.70. The molecule has 0 bridgehead atoms. The first-order valence-corrected chi connectivity index (χ1v) is 9.72. The fraction of sp³-hybridized carbons (Fsp3) is 0.273. The van der Waals surface area contributed by atoms with Crippen molar-refractivity contribution in [2.75, 3.05) is 26.1 Å². The molecule has 3 N–H and O–H groups in total. The van der Waals surface area contributed by atoms with Crippen LogP contribution in [0.3, 0.4) is 0 Å². The summed E-state index contributed by atoms with van der Waals surface area (Å²) in [5, 5.41) is 7.26. The number of nitrogens with one attached hydrogen (secondary N) is 3. The summed E-state index contributed by atoms with van der Waals surface area (Å²) < 4.78 is 21.4. The second-order valence-electron chi connectivity index (χ2n) is 7.26. The van der Waals surface area contributed by atoms with Gasteiger partial charge < -0.3 is 24.9 Å². The first kappa shape index (κ1) is 19.9. The predicted octanol–water partition coefficient (Wildman–Crippen LogP) is 3.94. The van der Waals surface area contributed by atoms with Crippen LogP contribution >= 0.6 is 0 Å². The standard InChI is InChI=1S/C22H25FN6O/c1-13(5-6-30-4)25-11-14-7-15(9-16(23)8-14)18-10-17-20-19(26-12-29(20)3)22(24-2)28-21(17)27-18/h7-10,12,25H,1,5-6,11H2,2-4H3,(H2,24,27,28). The zero-order chi connectivity index (χ0) is 21.3. The molecular weight excluding hydrogens is 383 g/mol. The van der Waals surface area contributed by atoms with Crippen molar-refractivity contribution in [1.29, 1.82) is 0 Å². The lowest BCUT2D eigenvalue weighted by molar-refractivity contribution is 0.200. The van der Waals surface area contributed by atoms with Gasteiger partial charge in [-0.25, -0.2) is 14.4 Å². The van der Waals surface area contributed by atoms with Crippen molar-refractivity contribution in [2.45, 2.75) is 13.0 Å². The van der Waals surface area contributed by atoms with Crippen LogP contribution in [-0.2, 0) is 18.3 Å². The number of hydrogen-bond donors (Lipinski definition) is 3. The maximum atomic E-state index is 14.4. The molecule has 4 rings (SSSR count). The Bertz CT molecular complexity index is 1230. The number of ether oxygens (including phenoxy) is 1. The van der Waals surface area contributed by atoms with E-state index in [1.807, 2.05) is 30.8 Å². The van der Waals surface area contributed by atoms with E-state index in [9.17, 15) is 4.39 Å². The Kier molecular flexibility index (Phi) is 5.41. The van der Waals surface area contributed by atoms with Gasteiger partial charge in [0.05, 0.1) is 18.5 Å². The smallest absolute Gasteiger partial charge is 0.156 e. The number of halogens is 1. The number of benzene rings is 1. The lowest BCUT2D eigenvalue weighted by Crippen LogP contribution is -2.13. The summed E-state index contributed by atoms with van der Waals surface area (Å²) in [4.78, 5) is 12.4. The van der Waals surface area contributed by atoms with Crippen LogP contribution in [0.15, 0.2) is 42.9 Å².